The Morgan fingerprint density at radius 3 is 2.70 bits per heavy atom. The minimum atomic E-state index is -0.193. The number of hydrogen-bond donors (Lipinski definition) is 1. The Hall–Kier alpha value is -0.910. The third kappa shape index (κ3) is 4.04. The number of amides is 1. The van der Waals surface area contributed by atoms with Crippen molar-refractivity contribution in [3.8, 4) is 0 Å². The molecule has 1 unspecified atom stereocenters. The Balaban J connectivity index is 1.92. The number of benzene rings is 1. The minimum Gasteiger partial charge on any atom is -0.378 e. The molecule has 0 radical (unpaired) electrons. The van der Waals surface area contributed by atoms with Crippen LogP contribution in [0.25, 0.3) is 0 Å². The van der Waals surface area contributed by atoms with E-state index in [4.69, 9.17) is 4.74 Å². The van der Waals surface area contributed by atoms with Crippen LogP contribution in [-0.2, 0) is 9.53 Å². The lowest BCUT2D eigenvalue weighted by Gasteiger charge is -2.30. The van der Waals surface area contributed by atoms with E-state index in [1.165, 1.54) is 5.56 Å². The van der Waals surface area contributed by atoms with Crippen molar-refractivity contribution in [2.24, 2.45) is 0 Å². The van der Waals surface area contributed by atoms with Gasteiger partial charge in [-0.15, -0.1) is 0 Å². The average molecular weight is 341 g/mol. The molecule has 0 spiro atoms. The summed E-state index contributed by atoms with van der Waals surface area (Å²) in [6, 6.07) is 8.08. The second-order valence-electron chi connectivity index (χ2n) is 5.10. The van der Waals surface area contributed by atoms with Crippen LogP contribution in [0.2, 0.25) is 0 Å². The van der Waals surface area contributed by atoms with Crippen molar-refractivity contribution in [3.63, 3.8) is 0 Å². The molecule has 0 saturated carbocycles. The molecular formula is C15H21BrN2O2. The van der Waals surface area contributed by atoms with E-state index < -0.39 is 0 Å². The topological polar surface area (TPSA) is 41.6 Å². The van der Waals surface area contributed by atoms with Crippen molar-refractivity contribution in [1.29, 1.82) is 0 Å². The lowest BCUT2D eigenvalue weighted by atomic mass is 10.1. The van der Waals surface area contributed by atoms with Gasteiger partial charge in [-0.25, -0.2) is 0 Å². The zero-order valence-electron chi connectivity index (χ0n) is 11.9. The smallest absolute Gasteiger partial charge is 0.239 e. The van der Waals surface area contributed by atoms with Gasteiger partial charge in [0, 0.05) is 23.6 Å². The summed E-state index contributed by atoms with van der Waals surface area (Å²) in [5.41, 5.74) is 1.17. The second-order valence-corrected chi connectivity index (χ2v) is 6.02. The Bertz CT molecular complexity index is 461. The summed E-state index contributed by atoms with van der Waals surface area (Å²) in [7, 11) is 0. The van der Waals surface area contributed by atoms with Gasteiger partial charge in [-0.2, -0.15) is 0 Å². The summed E-state index contributed by atoms with van der Waals surface area (Å²) in [4.78, 5) is 14.2. The van der Waals surface area contributed by atoms with Crippen LogP contribution >= 0.6 is 15.9 Å². The third-order valence-corrected chi connectivity index (χ3v) is 4.04. The average Bonchev–Trinajstić information content (AvgIpc) is 2.47. The van der Waals surface area contributed by atoms with Gasteiger partial charge in [-0.3, -0.25) is 10.1 Å². The van der Waals surface area contributed by atoms with E-state index in [9.17, 15) is 4.79 Å². The first-order chi connectivity index (χ1) is 9.58. The normalized spacial score (nSPS) is 18.6. The van der Waals surface area contributed by atoms with Crippen molar-refractivity contribution >= 4 is 21.8 Å². The SMILES string of the molecule is CC(N[C@H](C)c1cccc(Br)c1)C(=O)N1CCOCC1. The number of nitrogens with one attached hydrogen (secondary N) is 1. The fourth-order valence-electron chi connectivity index (χ4n) is 2.38. The van der Waals surface area contributed by atoms with Crippen molar-refractivity contribution in [2.75, 3.05) is 26.3 Å². The molecule has 0 aromatic heterocycles. The zero-order valence-corrected chi connectivity index (χ0v) is 13.5. The summed E-state index contributed by atoms with van der Waals surface area (Å²) < 4.78 is 6.33. The van der Waals surface area contributed by atoms with Crippen molar-refractivity contribution in [3.05, 3.63) is 34.3 Å². The molecule has 1 aliphatic heterocycles. The summed E-state index contributed by atoms with van der Waals surface area (Å²) in [6.07, 6.45) is 0. The predicted octanol–water partition coefficient (Wildman–Crippen LogP) is 2.35. The standard InChI is InChI=1S/C15H21BrN2O2/c1-11(13-4-3-5-14(16)10-13)17-12(2)15(19)18-6-8-20-9-7-18/h3-5,10-12,17H,6-9H2,1-2H3/t11-,12?/m1/s1. The number of nitrogens with zero attached hydrogens (tertiary/aromatic N) is 1. The fraction of sp³-hybridized carbons (Fsp3) is 0.533. The van der Waals surface area contributed by atoms with E-state index in [1.54, 1.807) is 0 Å². The Morgan fingerprint density at radius 1 is 1.35 bits per heavy atom. The van der Waals surface area contributed by atoms with Gasteiger partial charge in [0.25, 0.3) is 0 Å². The highest BCUT2D eigenvalue weighted by Crippen LogP contribution is 2.18. The summed E-state index contributed by atoms with van der Waals surface area (Å²) >= 11 is 3.47. The maximum atomic E-state index is 12.3. The van der Waals surface area contributed by atoms with Crippen molar-refractivity contribution in [2.45, 2.75) is 25.9 Å². The first kappa shape index (κ1) is 15.5. The number of carbonyl (C=O) groups is 1. The van der Waals surface area contributed by atoms with E-state index in [0.29, 0.717) is 26.3 Å². The maximum Gasteiger partial charge on any atom is 0.239 e. The van der Waals surface area contributed by atoms with Crippen molar-refractivity contribution in [1.82, 2.24) is 10.2 Å². The largest absolute Gasteiger partial charge is 0.378 e. The molecule has 2 atom stereocenters. The van der Waals surface area contributed by atoms with Gasteiger partial charge in [0.05, 0.1) is 19.3 Å². The van der Waals surface area contributed by atoms with Gasteiger partial charge in [-0.1, -0.05) is 28.1 Å². The fourth-order valence-corrected chi connectivity index (χ4v) is 2.79. The zero-order chi connectivity index (χ0) is 14.5. The molecule has 1 aromatic carbocycles. The van der Waals surface area contributed by atoms with E-state index in [2.05, 4.69) is 40.3 Å². The molecule has 1 N–H and O–H groups in total. The number of rotatable bonds is 4. The minimum absolute atomic E-state index is 0.132. The third-order valence-electron chi connectivity index (χ3n) is 3.54. The molecule has 20 heavy (non-hydrogen) atoms. The Labute approximate surface area is 128 Å². The van der Waals surface area contributed by atoms with Crippen LogP contribution in [0.1, 0.15) is 25.5 Å². The molecule has 1 aliphatic rings. The van der Waals surface area contributed by atoms with Crippen molar-refractivity contribution < 1.29 is 9.53 Å². The van der Waals surface area contributed by atoms with E-state index in [1.807, 2.05) is 24.0 Å². The van der Waals surface area contributed by atoms with Crippen LogP contribution in [0.5, 0.6) is 0 Å². The summed E-state index contributed by atoms with van der Waals surface area (Å²) in [5.74, 6) is 0.148. The summed E-state index contributed by atoms with van der Waals surface area (Å²) in [6.45, 7) is 6.66. The second kappa shape index (κ2) is 7.20. The molecule has 1 saturated heterocycles. The van der Waals surface area contributed by atoms with Gasteiger partial charge in [0.15, 0.2) is 0 Å². The number of morpholine rings is 1. The molecule has 2 rings (SSSR count). The lowest BCUT2D eigenvalue weighted by molar-refractivity contribution is -0.137. The maximum absolute atomic E-state index is 12.3. The summed E-state index contributed by atoms with van der Waals surface area (Å²) in [5, 5.41) is 3.37. The van der Waals surface area contributed by atoms with Gasteiger partial charge >= 0.3 is 0 Å². The Morgan fingerprint density at radius 2 is 2.05 bits per heavy atom. The molecule has 0 bridgehead atoms. The van der Waals surface area contributed by atoms with Crippen LogP contribution < -0.4 is 5.32 Å². The van der Waals surface area contributed by atoms with Gasteiger partial charge in [-0.05, 0) is 31.5 Å². The number of halogens is 1. The Kier molecular flexibility index (Phi) is 5.57. The highest BCUT2D eigenvalue weighted by Gasteiger charge is 2.23. The van der Waals surface area contributed by atoms with Gasteiger partial charge < -0.3 is 9.64 Å². The van der Waals surface area contributed by atoms with E-state index in [-0.39, 0.29) is 18.0 Å². The van der Waals surface area contributed by atoms with Crippen LogP contribution in [0, 0.1) is 0 Å². The van der Waals surface area contributed by atoms with Crippen LogP contribution in [0.4, 0.5) is 0 Å². The molecule has 1 amide bonds. The molecule has 1 aromatic rings. The quantitative estimate of drug-likeness (QED) is 0.914. The lowest BCUT2D eigenvalue weighted by Crippen LogP contribution is -2.49. The highest BCUT2D eigenvalue weighted by molar-refractivity contribution is 9.10. The molecule has 4 nitrogen and oxygen atoms in total. The van der Waals surface area contributed by atoms with Gasteiger partial charge in [0.1, 0.15) is 0 Å². The van der Waals surface area contributed by atoms with Gasteiger partial charge in [0.2, 0.25) is 5.91 Å². The van der Waals surface area contributed by atoms with Crippen LogP contribution in [0.3, 0.4) is 0 Å². The number of ether oxygens (including phenoxy) is 1. The molecule has 110 valence electrons. The van der Waals surface area contributed by atoms with E-state index >= 15 is 0 Å². The first-order valence-electron chi connectivity index (χ1n) is 6.96. The molecular weight excluding hydrogens is 320 g/mol. The molecule has 0 aliphatic carbocycles. The first-order valence-corrected chi connectivity index (χ1v) is 7.75. The highest BCUT2D eigenvalue weighted by atomic mass is 79.9. The monoisotopic (exact) mass is 340 g/mol. The predicted molar refractivity (Wildman–Crippen MR) is 82.6 cm³/mol. The molecule has 5 heteroatoms. The number of carbonyl (C=O) groups excluding carboxylic acids is 1. The van der Waals surface area contributed by atoms with E-state index in [0.717, 1.165) is 4.47 Å². The van der Waals surface area contributed by atoms with Crippen LogP contribution in [-0.4, -0.2) is 43.2 Å². The number of hydrogen-bond acceptors (Lipinski definition) is 3. The molecule has 1 fully saturated rings. The van der Waals surface area contributed by atoms with Crippen LogP contribution in [0.15, 0.2) is 28.7 Å². The molecule has 1 heterocycles.